The predicted octanol–water partition coefficient (Wildman–Crippen LogP) is 1.93. The predicted molar refractivity (Wildman–Crippen MR) is 63.4 cm³/mol. The summed E-state index contributed by atoms with van der Waals surface area (Å²) in [6, 6.07) is 5.85. The highest BCUT2D eigenvalue weighted by Gasteiger charge is 2.09. The highest BCUT2D eigenvalue weighted by atomic mass is 19.1. The molecule has 94 valence electrons. The van der Waals surface area contributed by atoms with Gasteiger partial charge >= 0.3 is 5.97 Å². The summed E-state index contributed by atoms with van der Waals surface area (Å²) in [5, 5.41) is 20.2. The van der Waals surface area contributed by atoms with Gasteiger partial charge in [-0.15, -0.1) is 0 Å². The molecule has 0 fully saturated rings. The molecule has 0 bridgehead atoms. The summed E-state index contributed by atoms with van der Waals surface area (Å²) in [7, 11) is 0. The largest absolute Gasteiger partial charge is 0.476 e. The van der Waals surface area contributed by atoms with Gasteiger partial charge in [0.05, 0.1) is 18.1 Å². The number of aromatic nitrogens is 2. The summed E-state index contributed by atoms with van der Waals surface area (Å²) in [6.07, 6.45) is 2.26. The highest BCUT2D eigenvalue weighted by Crippen LogP contribution is 2.20. The molecular weight excluding hydrogens is 251 g/mol. The number of carbonyl (C=O) groups is 1. The van der Waals surface area contributed by atoms with Gasteiger partial charge in [-0.3, -0.25) is 0 Å². The molecule has 0 aliphatic carbocycles. The molecule has 0 unspecified atom stereocenters. The molecule has 0 amide bonds. The van der Waals surface area contributed by atoms with Crippen molar-refractivity contribution in [2.24, 2.45) is 0 Å². The van der Waals surface area contributed by atoms with Gasteiger partial charge in [-0.1, -0.05) is 6.07 Å². The molecule has 0 saturated heterocycles. The molecule has 0 aliphatic heterocycles. The average Bonchev–Trinajstić information content (AvgIpc) is 2.39. The number of nitriles is 1. The number of carboxylic acid groups (broad SMARTS) is 1. The summed E-state index contributed by atoms with van der Waals surface area (Å²) >= 11 is 0. The Kier molecular flexibility index (Phi) is 3.34. The minimum absolute atomic E-state index is 0.147. The van der Waals surface area contributed by atoms with E-state index >= 15 is 0 Å². The summed E-state index contributed by atoms with van der Waals surface area (Å²) in [5.41, 5.74) is -0.114. The maximum atomic E-state index is 13.3. The molecule has 0 aliphatic rings. The zero-order chi connectivity index (χ0) is 13.8. The van der Waals surface area contributed by atoms with Crippen LogP contribution >= 0.6 is 0 Å². The van der Waals surface area contributed by atoms with Gasteiger partial charge in [0.1, 0.15) is 23.3 Å². The molecule has 1 aromatic heterocycles. The van der Waals surface area contributed by atoms with Crippen LogP contribution in [0.15, 0.2) is 30.6 Å². The number of rotatable bonds is 3. The second-order valence-electron chi connectivity index (χ2n) is 3.49. The fourth-order valence-corrected chi connectivity index (χ4v) is 1.38. The van der Waals surface area contributed by atoms with Gasteiger partial charge in [-0.05, 0) is 12.1 Å². The van der Waals surface area contributed by atoms with Crippen LogP contribution in [0.4, 0.5) is 15.9 Å². The molecule has 0 saturated carbocycles. The quantitative estimate of drug-likeness (QED) is 0.872. The van der Waals surface area contributed by atoms with Gasteiger partial charge < -0.3 is 10.4 Å². The fraction of sp³-hybridized carbons (Fsp3) is 0. The van der Waals surface area contributed by atoms with E-state index in [0.717, 1.165) is 6.20 Å². The lowest BCUT2D eigenvalue weighted by molar-refractivity contribution is 0.0690. The van der Waals surface area contributed by atoms with Crippen LogP contribution < -0.4 is 5.32 Å². The molecule has 0 spiro atoms. The third kappa shape index (κ3) is 2.63. The standard InChI is InChI=1S/C12H7FN4O2/c13-8-2-1-3-9(7(8)4-14)17-11-6-15-10(5-16-11)12(18)19/h1-3,5-6H,(H,16,17)(H,18,19). The molecule has 2 aromatic rings. The number of aromatic carboxylic acids is 1. The number of carboxylic acids is 1. The van der Waals surface area contributed by atoms with Crippen molar-refractivity contribution in [3.63, 3.8) is 0 Å². The van der Waals surface area contributed by atoms with Crippen LogP contribution in [0.1, 0.15) is 16.1 Å². The molecule has 6 nitrogen and oxygen atoms in total. The van der Waals surface area contributed by atoms with Crippen molar-refractivity contribution in [3.8, 4) is 6.07 Å². The Bertz CT molecular complexity index is 664. The van der Waals surface area contributed by atoms with Crippen LogP contribution in [0.5, 0.6) is 0 Å². The molecular formula is C12H7FN4O2. The smallest absolute Gasteiger partial charge is 0.356 e. The second-order valence-corrected chi connectivity index (χ2v) is 3.49. The van der Waals surface area contributed by atoms with Crippen LogP contribution in [-0.2, 0) is 0 Å². The number of halogens is 1. The van der Waals surface area contributed by atoms with Crippen LogP contribution in [0.3, 0.4) is 0 Å². The van der Waals surface area contributed by atoms with Crippen molar-refractivity contribution in [1.29, 1.82) is 5.26 Å². The third-order valence-electron chi connectivity index (χ3n) is 2.26. The minimum Gasteiger partial charge on any atom is -0.476 e. The van der Waals surface area contributed by atoms with E-state index in [2.05, 4.69) is 15.3 Å². The van der Waals surface area contributed by atoms with E-state index < -0.39 is 11.8 Å². The average molecular weight is 258 g/mol. The number of nitrogens with one attached hydrogen (secondary N) is 1. The Morgan fingerprint density at radius 2 is 2.16 bits per heavy atom. The van der Waals surface area contributed by atoms with Crippen LogP contribution in [0, 0.1) is 17.1 Å². The van der Waals surface area contributed by atoms with Gasteiger partial charge in [0.25, 0.3) is 0 Å². The molecule has 0 atom stereocenters. The molecule has 1 aromatic carbocycles. The van der Waals surface area contributed by atoms with Crippen molar-refractivity contribution in [3.05, 3.63) is 47.7 Å². The van der Waals surface area contributed by atoms with Crippen molar-refractivity contribution in [1.82, 2.24) is 9.97 Å². The third-order valence-corrected chi connectivity index (χ3v) is 2.26. The molecule has 2 N–H and O–H groups in total. The van der Waals surface area contributed by atoms with E-state index in [4.69, 9.17) is 10.4 Å². The van der Waals surface area contributed by atoms with Gasteiger partial charge in [-0.2, -0.15) is 5.26 Å². The minimum atomic E-state index is -1.19. The van der Waals surface area contributed by atoms with E-state index in [9.17, 15) is 9.18 Å². The Balaban J connectivity index is 2.29. The maximum absolute atomic E-state index is 13.3. The second kappa shape index (κ2) is 5.10. The summed E-state index contributed by atoms with van der Waals surface area (Å²) in [6.45, 7) is 0. The van der Waals surface area contributed by atoms with E-state index in [-0.39, 0.29) is 22.8 Å². The van der Waals surface area contributed by atoms with Gasteiger partial charge in [0, 0.05) is 0 Å². The monoisotopic (exact) mass is 258 g/mol. The van der Waals surface area contributed by atoms with Gasteiger partial charge in [0.15, 0.2) is 5.69 Å². The van der Waals surface area contributed by atoms with Gasteiger partial charge in [-0.25, -0.2) is 19.2 Å². The first-order valence-corrected chi connectivity index (χ1v) is 5.13. The van der Waals surface area contributed by atoms with Crippen molar-refractivity contribution >= 4 is 17.5 Å². The number of hydrogen-bond acceptors (Lipinski definition) is 5. The SMILES string of the molecule is N#Cc1c(F)cccc1Nc1cnc(C(=O)O)cn1. The van der Waals surface area contributed by atoms with Crippen molar-refractivity contribution < 1.29 is 14.3 Å². The summed E-state index contributed by atoms with van der Waals surface area (Å²) in [5.74, 6) is -1.63. The van der Waals surface area contributed by atoms with Crippen LogP contribution in [0.25, 0.3) is 0 Å². The molecule has 7 heteroatoms. The Morgan fingerprint density at radius 1 is 1.37 bits per heavy atom. The summed E-state index contributed by atoms with van der Waals surface area (Å²) in [4.78, 5) is 18.1. The number of benzene rings is 1. The first-order chi connectivity index (χ1) is 9.11. The van der Waals surface area contributed by atoms with Crippen molar-refractivity contribution in [2.75, 3.05) is 5.32 Å². The van der Waals surface area contributed by atoms with E-state index in [0.29, 0.717) is 0 Å². The Hall–Kier alpha value is -3.01. The van der Waals surface area contributed by atoms with Crippen molar-refractivity contribution in [2.45, 2.75) is 0 Å². The zero-order valence-corrected chi connectivity index (χ0v) is 9.46. The zero-order valence-electron chi connectivity index (χ0n) is 9.46. The first kappa shape index (κ1) is 12.4. The normalized spacial score (nSPS) is 9.68. The van der Waals surface area contributed by atoms with E-state index in [1.165, 1.54) is 24.4 Å². The maximum Gasteiger partial charge on any atom is 0.356 e. The lowest BCUT2D eigenvalue weighted by Crippen LogP contribution is -2.03. The lowest BCUT2D eigenvalue weighted by Gasteiger charge is -2.07. The molecule has 1 heterocycles. The van der Waals surface area contributed by atoms with Crippen LogP contribution in [-0.4, -0.2) is 21.0 Å². The molecule has 2 rings (SSSR count). The fourth-order valence-electron chi connectivity index (χ4n) is 1.38. The number of nitrogens with zero attached hydrogens (tertiary/aromatic N) is 3. The highest BCUT2D eigenvalue weighted by molar-refractivity contribution is 5.85. The Morgan fingerprint density at radius 3 is 2.74 bits per heavy atom. The molecule has 0 radical (unpaired) electrons. The van der Waals surface area contributed by atoms with E-state index in [1.807, 2.05) is 0 Å². The summed E-state index contributed by atoms with van der Waals surface area (Å²) < 4.78 is 13.3. The Labute approximate surface area is 107 Å². The molecule has 19 heavy (non-hydrogen) atoms. The van der Waals surface area contributed by atoms with Gasteiger partial charge in [0.2, 0.25) is 0 Å². The topological polar surface area (TPSA) is 98.9 Å². The number of anilines is 2. The van der Waals surface area contributed by atoms with E-state index in [1.54, 1.807) is 6.07 Å². The van der Waals surface area contributed by atoms with Crippen LogP contribution in [0.2, 0.25) is 0 Å². The number of hydrogen-bond donors (Lipinski definition) is 2. The first-order valence-electron chi connectivity index (χ1n) is 5.13. The lowest BCUT2D eigenvalue weighted by atomic mass is 10.2.